The SMILES string of the molecule is CCCNCC1(C2CC2c2ccccc2)CC2CC2C1. The van der Waals surface area contributed by atoms with Crippen LogP contribution in [0.5, 0.6) is 0 Å². The molecule has 0 saturated heterocycles. The molecule has 1 aromatic rings. The van der Waals surface area contributed by atoms with Crippen LogP contribution in [0, 0.1) is 23.2 Å². The lowest BCUT2D eigenvalue weighted by molar-refractivity contribution is 0.205. The highest BCUT2D eigenvalue weighted by Gasteiger charge is 2.61. The fourth-order valence-corrected chi connectivity index (χ4v) is 4.97. The molecule has 20 heavy (non-hydrogen) atoms. The number of fused-ring (bicyclic) bond motifs is 1. The van der Waals surface area contributed by atoms with Crippen LogP contribution in [0.15, 0.2) is 30.3 Å². The molecule has 0 aliphatic heterocycles. The predicted molar refractivity (Wildman–Crippen MR) is 83.7 cm³/mol. The van der Waals surface area contributed by atoms with Crippen molar-refractivity contribution in [3.63, 3.8) is 0 Å². The highest BCUT2D eigenvalue weighted by atomic mass is 14.9. The van der Waals surface area contributed by atoms with Crippen LogP contribution in [0.25, 0.3) is 0 Å². The predicted octanol–water partition coefficient (Wildman–Crippen LogP) is 4.21. The smallest absolute Gasteiger partial charge is 0.00109 e. The van der Waals surface area contributed by atoms with E-state index in [4.69, 9.17) is 0 Å². The summed E-state index contributed by atoms with van der Waals surface area (Å²) in [6.45, 7) is 4.75. The van der Waals surface area contributed by atoms with Gasteiger partial charge in [0.05, 0.1) is 0 Å². The summed E-state index contributed by atoms with van der Waals surface area (Å²) in [5.41, 5.74) is 2.23. The first-order valence-electron chi connectivity index (χ1n) is 8.58. The van der Waals surface area contributed by atoms with E-state index in [0.29, 0.717) is 5.41 Å². The van der Waals surface area contributed by atoms with Gasteiger partial charge in [-0.2, -0.15) is 0 Å². The first kappa shape index (κ1) is 12.9. The third-order valence-corrected chi connectivity index (χ3v) is 6.12. The summed E-state index contributed by atoms with van der Waals surface area (Å²) in [4.78, 5) is 0. The average molecular weight is 269 g/mol. The first-order valence-corrected chi connectivity index (χ1v) is 8.58. The van der Waals surface area contributed by atoms with Gasteiger partial charge in [-0.3, -0.25) is 0 Å². The summed E-state index contributed by atoms with van der Waals surface area (Å²) in [5.74, 6) is 4.00. The van der Waals surface area contributed by atoms with E-state index < -0.39 is 0 Å². The molecule has 4 unspecified atom stereocenters. The van der Waals surface area contributed by atoms with E-state index >= 15 is 0 Å². The number of benzene rings is 1. The number of nitrogens with one attached hydrogen (secondary N) is 1. The van der Waals surface area contributed by atoms with Gasteiger partial charge in [0.2, 0.25) is 0 Å². The fourth-order valence-electron chi connectivity index (χ4n) is 4.97. The lowest BCUT2D eigenvalue weighted by Crippen LogP contribution is -2.36. The van der Waals surface area contributed by atoms with E-state index in [-0.39, 0.29) is 0 Å². The van der Waals surface area contributed by atoms with E-state index in [1.807, 2.05) is 0 Å². The summed E-state index contributed by atoms with van der Waals surface area (Å²) >= 11 is 0. The Morgan fingerprint density at radius 1 is 1.10 bits per heavy atom. The monoisotopic (exact) mass is 269 g/mol. The minimum absolute atomic E-state index is 0.642. The van der Waals surface area contributed by atoms with Gasteiger partial charge in [-0.15, -0.1) is 0 Å². The van der Waals surface area contributed by atoms with Gasteiger partial charge in [0, 0.05) is 6.54 Å². The normalized spacial score (nSPS) is 41.5. The maximum atomic E-state index is 3.75. The maximum absolute atomic E-state index is 3.75. The molecule has 0 heterocycles. The van der Waals surface area contributed by atoms with Crippen LogP contribution in [-0.4, -0.2) is 13.1 Å². The van der Waals surface area contributed by atoms with Crippen LogP contribution >= 0.6 is 0 Å². The quantitative estimate of drug-likeness (QED) is 0.763. The molecule has 108 valence electrons. The van der Waals surface area contributed by atoms with Gasteiger partial charge >= 0.3 is 0 Å². The molecule has 4 rings (SSSR count). The molecular formula is C19H27N. The molecule has 3 fully saturated rings. The van der Waals surface area contributed by atoms with Gasteiger partial charge in [0.1, 0.15) is 0 Å². The minimum Gasteiger partial charge on any atom is -0.316 e. The van der Waals surface area contributed by atoms with Crippen LogP contribution < -0.4 is 5.32 Å². The molecule has 1 aromatic carbocycles. The summed E-state index contributed by atoms with van der Waals surface area (Å²) in [7, 11) is 0. The van der Waals surface area contributed by atoms with Gasteiger partial charge in [-0.05, 0) is 73.3 Å². The molecule has 1 nitrogen and oxygen atoms in total. The second-order valence-corrected chi connectivity index (χ2v) is 7.56. The third-order valence-electron chi connectivity index (χ3n) is 6.12. The molecule has 3 aliphatic carbocycles. The van der Waals surface area contributed by atoms with Crippen molar-refractivity contribution in [2.24, 2.45) is 23.2 Å². The van der Waals surface area contributed by atoms with Crippen molar-refractivity contribution < 1.29 is 0 Å². The molecule has 4 atom stereocenters. The van der Waals surface area contributed by atoms with E-state index in [1.165, 1.54) is 45.2 Å². The zero-order valence-corrected chi connectivity index (χ0v) is 12.6. The molecule has 0 amide bonds. The largest absolute Gasteiger partial charge is 0.316 e. The van der Waals surface area contributed by atoms with E-state index in [2.05, 4.69) is 42.6 Å². The highest BCUT2D eigenvalue weighted by Crippen LogP contribution is 2.69. The van der Waals surface area contributed by atoms with Crippen molar-refractivity contribution in [1.82, 2.24) is 5.32 Å². The molecule has 0 bridgehead atoms. The van der Waals surface area contributed by atoms with Crippen molar-refractivity contribution in [3.8, 4) is 0 Å². The molecule has 0 aromatic heterocycles. The van der Waals surface area contributed by atoms with Crippen molar-refractivity contribution in [2.45, 2.75) is 44.9 Å². The molecule has 0 spiro atoms. The third kappa shape index (κ3) is 2.20. The van der Waals surface area contributed by atoms with Gasteiger partial charge in [-0.1, -0.05) is 37.3 Å². The second kappa shape index (κ2) is 4.87. The van der Waals surface area contributed by atoms with Gasteiger partial charge in [-0.25, -0.2) is 0 Å². The molecule has 3 aliphatic rings. The summed E-state index contributed by atoms with van der Waals surface area (Å²) < 4.78 is 0. The Bertz CT molecular complexity index is 456. The number of rotatable bonds is 6. The summed E-state index contributed by atoms with van der Waals surface area (Å²) in [6.07, 6.45) is 7.27. The van der Waals surface area contributed by atoms with E-state index in [0.717, 1.165) is 23.7 Å². The Balaban J connectivity index is 1.47. The Morgan fingerprint density at radius 3 is 2.55 bits per heavy atom. The van der Waals surface area contributed by atoms with Crippen molar-refractivity contribution in [2.75, 3.05) is 13.1 Å². The van der Waals surface area contributed by atoms with Gasteiger partial charge < -0.3 is 5.32 Å². The second-order valence-electron chi connectivity index (χ2n) is 7.56. The summed E-state index contributed by atoms with van der Waals surface area (Å²) in [6, 6.07) is 11.2. The van der Waals surface area contributed by atoms with Crippen LogP contribution in [-0.2, 0) is 0 Å². The maximum Gasteiger partial charge on any atom is 0.00109 e. The zero-order valence-electron chi connectivity index (χ0n) is 12.6. The molecular weight excluding hydrogens is 242 g/mol. The van der Waals surface area contributed by atoms with Gasteiger partial charge in [0.25, 0.3) is 0 Å². The van der Waals surface area contributed by atoms with Crippen LogP contribution in [0.4, 0.5) is 0 Å². The highest BCUT2D eigenvalue weighted by molar-refractivity contribution is 5.28. The van der Waals surface area contributed by atoms with Crippen LogP contribution in [0.3, 0.4) is 0 Å². The average Bonchev–Trinajstić information content (AvgIpc) is 3.38. The molecule has 0 radical (unpaired) electrons. The lowest BCUT2D eigenvalue weighted by atomic mass is 9.76. The number of hydrogen-bond acceptors (Lipinski definition) is 1. The van der Waals surface area contributed by atoms with E-state index in [1.54, 1.807) is 5.56 Å². The van der Waals surface area contributed by atoms with Crippen LogP contribution in [0.1, 0.15) is 50.5 Å². The standard InChI is InChI=1S/C19H27N/c1-2-8-20-13-19(11-15-9-16(15)12-19)18-10-17(18)14-6-4-3-5-7-14/h3-7,15-18,20H,2,8-13H2,1H3. The topological polar surface area (TPSA) is 12.0 Å². The Morgan fingerprint density at radius 2 is 1.85 bits per heavy atom. The van der Waals surface area contributed by atoms with Crippen molar-refractivity contribution in [3.05, 3.63) is 35.9 Å². The molecule has 1 heteroatoms. The fraction of sp³-hybridized carbons (Fsp3) is 0.684. The summed E-state index contributed by atoms with van der Waals surface area (Å²) in [5, 5.41) is 3.75. The number of hydrogen-bond donors (Lipinski definition) is 1. The van der Waals surface area contributed by atoms with Crippen molar-refractivity contribution in [1.29, 1.82) is 0 Å². The lowest BCUT2D eigenvalue weighted by Gasteiger charge is -2.32. The Hall–Kier alpha value is -0.820. The zero-order chi connectivity index (χ0) is 13.6. The first-order chi connectivity index (χ1) is 9.82. The molecule has 3 saturated carbocycles. The van der Waals surface area contributed by atoms with E-state index in [9.17, 15) is 0 Å². The molecule has 1 N–H and O–H groups in total. The Labute approximate surface area is 123 Å². The Kier molecular flexibility index (Phi) is 3.14. The minimum atomic E-state index is 0.642. The van der Waals surface area contributed by atoms with Gasteiger partial charge in [0.15, 0.2) is 0 Å². The van der Waals surface area contributed by atoms with Crippen molar-refractivity contribution >= 4 is 0 Å². The van der Waals surface area contributed by atoms with Crippen LogP contribution in [0.2, 0.25) is 0 Å².